The molecule has 1 rings (SSSR count). The second-order valence-corrected chi connectivity index (χ2v) is 7.05. The summed E-state index contributed by atoms with van der Waals surface area (Å²) < 4.78 is 10.7. The molecule has 0 bridgehead atoms. The van der Waals surface area contributed by atoms with E-state index < -0.39 is 23.7 Å². The van der Waals surface area contributed by atoms with Crippen molar-refractivity contribution in [3.05, 3.63) is 0 Å². The quantitative estimate of drug-likeness (QED) is 0.558. The molecule has 2 amide bonds. The zero-order chi connectivity index (χ0) is 19.0. The van der Waals surface area contributed by atoms with Gasteiger partial charge in [0.2, 0.25) is 5.91 Å². The van der Waals surface area contributed by atoms with Gasteiger partial charge >= 0.3 is 12.1 Å². The van der Waals surface area contributed by atoms with Gasteiger partial charge in [0.1, 0.15) is 12.2 Å². The average Bonchev–Trinajstić information content (AvgIpc) is 2.50. The molecule has 0 aromatic carbocycles. The lowest BCUT2D eigenvalue weighted by Crippen LogP contribution is -2.49. The van der Waals surface area contributed by atoms with E-state index in [1.54, 1.807) is 25.7 Å². The van der Waals surface area contributed by atoms with E-state index >= 15 is 0 Å². The van der Waals surface area contributed by atoms with Crippen molar-refractivity contribution in [3.63, 3.8) is 0 Å². The van der Waals surface area contributed by atoms with E-state index in [1.165, 1.54) is 0 Å². The Bertz CT molecular complexity index is 469. The lowest BCUT2D eigenvalue weighted by Gasteiger charge is -2.33. The van der Waals surface area contributed by atoms with Gasteiger partial charge < -0.3 is 30.5 Å². The molecule has 9 nitrogen and oxygen atoms in total. The molecule has 0 radical (unpaired) electrons. The number of hydrogen-bond acceptors (Lipinski definition) is 6. The fourth-order valence-electron chi connectivity index (χ4n) is 2.49. The molecule has 0 saturated carbocycles. The summed E-state index contributed by atoms with van der Waals surface area (Å²) in [4.78, 5) is 35.9. The van der Waals surface area contributed by atoms with E-state index in [1.807, 2.05) is 0 Å². The summed E-state index contributed by atoms with van der Waals surface area (Å²) in [7, 11) is 0. The Morgan fingerprint density at radius 1 is 1.28 bits per heavy atom. The number of ether oxygens (including phenoxy) is 2. The zero-order valence-corrected chi connectivity index (χ0v) is 15.1. The highest BCUT2D eigenvalue weighted by molar-refractivity contribution is 5.81. The van der Waals surface area contributed by atoms with Crippen molar-refractivity contribution in [2.75, 3.05) is 26.2 Å². The molecule has 144 valence electrons. The zero-order valence-electron chi connectivity index (χ0n) is 15.1. The van der Waals surface area contributed by atoms with Gasteiger partial charge in [-0.2, -0.15) is 0 Å². The van der Waals surface area contributed by atoms with Gasteiger partial charge in [-0.25, -0.2) is 9.59 Å². The summed E-state index contributed by atoms with van der Waals surface area (Å²) in [5, 5.41) is 10.7. The van der Waals surface area contributed by atoms with Crippen LogP contribution in [0.2, 0.25) is 0 Å². The third-order valence-electron chi connectivity index (χ3n) is 3.66. The van der Waals surface area contributed by atoms with Crippen LogP contribution in [0.1, 0.15) is 40.0 Å². The first-order chi connectivity index (χ1) is 11.6. The molecule has 0 aromatic rings. The third-order valence-corrected chi connectivity index (χ3v) is 3.66. The first-order valence-electron chi connectivity index (χ1n) is 8.43. The molecule has 1 aliphatic heterocycles. The van der Waals surface area contributed by atoms with Crippen molar-refractivity contribution in [1.29, 1.82) is 0 Å². The number of nitrogens with one attached hydrogen (secondary N) is 1. The van der Waals surface area contributed by atoms with Crippen LogP contribution < -0.4 is 11.1 Å². The van der Waals surface area contributed by atoms with Gasteiger partial charge in [-0.15, -0.1) is 0 Å². The van der Waals surface area contributed by atoms with Crippen molar-refractivity contribution >= 4 is 18.0 Å². The van der Waals surface area contributed by atoms with E-state index in [4.69, 9.17) is 20.3 Å². The molecular formula is C16H29N3O6. The van der Waals surface area contributed by atoms with Gasteiger partial charge in [-0.05, 0) is 40.0 Å². The van der Waals surface area contributed by atoms with Gasteiger partial charge in [0.05, 0.1) is 12.1 Å². The molecule has 1 heterocycles. The van der Waals surface area contributed by atoms with E-state index in [0.29, 0.717) is 25.9 Å². The summed E-state index contributed by atoms with van der Waals surface area (Å²) in [6.45, 7) is 6.42. The first kappa shape index (κ1) is 21.2. The van der Waals surface area contributed by atoms with Gasteiger partial charge in [0, 0.05) is 19.6 Å². The fraction of sp³-hybridized carbons (Fsp3) is 0.812. The van der Waals surface area contributed by atoms with Gasteiger partial charge in [-0.3, -0.25) is 4.79 Å². The largest absolute Gasteiger partial charge is 0.465 e. The van der Waals surface area contributed by atoms with Crippen LogP contribution in [-0.4, -0.2) is 72.0 Å². The molecule has 0 aliphatic carbocycles. The van der Waals surface area contributed by atoms with Crippen LogP contribution in [0.3, 0.4) is 0 Å². The average molecular weight is 359 g/mol. The third kappa shape index (κ3) is 8.69. The predicted molar refractivity (Wildman–Crippen MR) is 90.0 cm³/mol. The Morgan fingerprint density at radius 2 is 1.88 bits per heavy atom. The van der Waals surface area contributed by atoms with Crippen molar-refractivity contribution in [3.8, 4) is 0 Å². The van der Waals surface area contributed by atoms with E-state index in [-0.39, 0.29) is 31.6 Å². The maximum atomic E-state index is 12.2. The fourth-order valence-corrected chi connectivity index (χ4v) is 2.49. The molecule has 0 spiro atoms. The van der Waals surface area contributed by atoms with Crippen LogP contribution in [0.5, 0.6) is 0 Å². The van der Waals surface area contributed by atoms with Crippen molar-refractivity contribution in [2.24, 2.45) is 5.73 Å². The Balaban J connectivity index is 2.27. The maximum absolute atomic E-state index is 12.2. The van der Waals surface area contributed by atoms with Crippen LogP contribution >= 0.6 is 0 Å². The summed E-state index contributed by atoms with van der Waals surface area (Å²) in [5.41, 5.74) is 5.27. The SMILES string of the molecule is CC(C)(C)OC(=O)COC1CCN(C(=O)[C@@H](N)CCNC(=O)O)CC1. The Kier molecular flexibility index (Phi) is 8.11. The molecule has 0 unspecified atom stereocenters. The summed E-state index contributed by atoms with van der Waals surface area (Å²) in [6, 6.07) is -0.730. The number of esters is 1. The Morgan fingerprint density at radius 3 is 2.40 bits per heavy atom. The molecule has 1 saturated heterocycles. The van der Waals surface area contributed by atoms with Crippen molar-refractivity contribution in [2.45, 2.75) is 57.8 Å². The normalized spacial score (nSPS) is 17.0. The molecular weight excluding hydrogens is 330 g/mol. The van der Waals surface area contributed by atoms with Gasteiger partial charge in [0.15, 0.2) is 0 Å². The number of carboxylic acid groups (broad SMARTS) is 1. The highest BCUT2D eigenvalue weighted by atomic mass is 16.6. The molecule has 25 heavy (non-hydrogen) atoms. The van der Waals surface area contributed by atoms with E-state index in [0.717, 1.165) is 0 Å². The molecule has 1 fully saturated rings. The number of rotatable bonds is 7. The van der Waals surface area contributed by atoms with Crippen LogP contribution in [0, 0.1) is 0 Å². The number of hydrogen-bond donors (Lipinski definition) is 3. The number of likely N-dealkylation sites (tertiary alicyclic amines) is 1. The molecule has 0 aromatic heterocycles. The van der Waals surface area contributed by atoms with Crippen LogP contribution in [0.25, 0.3) is 0 Å². The highest BCUT2D eigenvalue weighted by Gasteiger charge is 2.27. The van der Waals surface area contributed by atoms with Gasteiger partial charge in [0.25, 0.3) is 0 Å². The smallest absolute Gasteiger partial charge is 0.404 e. The second kappa shape index (κ2) is 9.57. The van der Waals surface area contributed by atoms with Crippen molar-refractivity contribution < 1.29 is 29.0 Å². The summed E-state index contributed by atoms with van der Waals surface area (Å²) in [5.74, 6) is -0.600. The van der Waals surface area contributed by atoms with E-state index in [9.17, 15) is 14.4 Å². The van der Waals surface area contributed by atoms with Crippen LogP contribution in [0.4, 0.5) is 4.79 Å². The lowest BCUT2D eigenvalue weighted by molar-refractivity contribution is -0.163. The molecule has 1 aliphatic rings. The minimum Gasteiger partial charge on any atom is -0.465 e. The predicted octanol–water partition coefficient (Wildman–Crippen LogP) is 0.321. The van der Waals surface area contributed by atoms with E-state index in [2.05, 4.69) is 5.32 Å². The number of nitrogens with two attached hydrogens (primary N) is 1. The minimum absolute atomic E-state index is 0.0959. The van der Waals surface area contributed by atoms with Gasteiger partial charge in [-0.1, -0.05) is 0 Å². The standard InChI is InChI=1S/C16H29N3O6/c1-16(2,3)25-13(20)10-24-11-5-8-19(9-6-11)14(21)12(17)4-7-18-15(22)23/h11-12,18H,4-10,17H2,1-3H3,(H,22,23)/t12-/m0/s1. The topological polar surface area (TPSA) is 131 Å². The molecule has 1 atom stereocenters. The second-order valence-electron chi connectivity index (χ2n) is 7.05. The first-order valence-corrected chi connectivity index (χ1v) is 8.43. The number of nitrogens with zero attached hydrogens (tertiary/aromatic N) is 1. The molecule has 9 heteroatoms. The number of piperidine rings is 1. The minimum atomic E-state index is -1.14. The van der Waals surface area contributed by atoms with Crippen molar-refractivity contribution in [1.82, 2.24) is 10.2 Å². The summed E-state index contributed by atoms with van der Waals surface area (Å²) >= 11 is 0. The van der Waals surface area contributed by atoms with Crippen LogP contribution in [-0.2, 0) is 19.1 Å². The summed E-state index contributed by atoms with van der Waals surface area (Å²) in [6.07, 6.45) is 0.257. The molecule has 4 N–H and O–H groups in total. The highest BCUT2D eigenvalue weighted by Crippen LogP contribution is 2.15. The monoisotopic (exact) mass is 359 g/mol. The Labute approximate surface area is 147 Å². The Hall–Kier alpha value is -1.87. The number of carbonyl (C=O) groups is 3. The lowest BCUT2D eigenvalue weighted by atomic mass is 10.1. The van der Waals surface area contributed by atoms with Crippen LogP contribution in [0.15, 0.2) is 0 Å². The number of carbonyl (C=O) groups excluding carboxylic acids is 2. The number of amides is 2. The maximum Gasteiger partial charge on any atom is 0.404 e.